The highest BCUT2D eigenvalue weighted by Crippen LogP contribution is 2.05. The maximum Gasteiger partial charge on any atom is 0.320 e. The van der Waals surface area contributed by atoms with Crippen LogP contribution in [0.2, 0.25) is 0 Å². The number of nitrogens with one attached hydrogen (secondary N) is 1. The van der Waals surface area contributed by atoms with Crippen LogP contribution < -0.4 is 5.32 Å². The van der Waals surface area contributed by atoms with Crippen molar-refractivity contribution in [1.82, 2.24) is 5.32 Å². The average molecular weight is 159 g/mol. The number of carbonyl (C=O) groups is 1. The van der Waals surface area contributed by atoms with E-state index in [0.29, 0.717) is 6.54 Å². The number of rotatable bonds is 3. The van der Waals surface area contributed by atoms with Gasteiger partial charge in [-0.25, -0.2) is 0 Å². The lowest BCUT2D eigenvalue weighted by molar-refractivity contribution is -0.153. The summed E-state index contributed by atoms with van der Waals surface area (Å²) in [5.41, 5.74) is -0.369. The molecule has 0 spiro atoms. The zero-order valence-corrected chi connectivity index (χ0v) is 7.73. The number of ether oxygens (including phenoxy) is 1. The summed E-state index contributed by atoms with van der Waals surface area (Å²) < 4.78 is 5.04. The third-order valence-electron chi connectivity index (χ3n) is 0.939. The molecule has 0 aromatic heterocycles. The molecule has 0 aliphatic carbocycles. The van der Waals surface area contributed by atoms with Crippen molar-refractivity contribution in [3.8, 4) is 0 Å². The summed E-state index contributed by atoms with van der Waals surface area (Å²) in [5, 5.41) is 2.90. The van der Waals surface area contributed by atoms with Gasteiger partial charge in [-0.1, -0.05) is 6.92 Å². The van der Waals surface area contributed by atoms with Gasteiger partial charge in [0.2, 0.25) is 0 Å². The van der Waals surface area contributed by atoms with Crippen LogP contribution in [0.25, 0.3) is 0 Å². The molecule has 0 saturated carbocycles. The Morgan fingerprint density at radius 1 is 1.45 bits per heavy atom. The van der Waals surface area contributed by atoms with Gasteiger partial charge in [-0.3, -0.25) is 4.79 Å². The number of carbonyl (C=O) groups excluding carboxylic acids is 1. The van der Waals surface area contributed by atoms with Crippen LogP contribution in [0.3, 0.4) is 0 Å². The molecule has 0 heterocycles. The van der Waals surface area contributed by atoms with Crippen molar-refractivity contribution in [3.63, 3.8) is 0 Å². The maximum absolute atomic E-state index is 10.9. The van der Waals surface area contributed by atoms with Gasteiger partial charge < -0.3 is 10.1 Å². The highest BCUT2D eigenvalue weighted by molar-refractivity contribution is 5.72. The lowest BCUT2D eigenvalue weighted by atomic mass is 10.2. The minimum Gasteiger partial charge on any atom is -0.459 e. The van der Waals surface area contributed by atoms with Crippen molar-refractivity contribution in [2.24, 2.45) is 0 Å². The van der Waals surface area contributed by atoms with E-state index in [1.165, 1.54) is 0 Å². The summed E-state index contributed by atoms with van der Waals surface area (Å²) in [5.74, 6) is -0.195. The van der Waals surface area contributed by atoms with Crippen molar-refractivity contribution in [2.75, 3.05) is 13.1 Å². The number of hydrogen-bond acceptors (Lipinski definition) is 3. The molecule has 0 amide bonds. The van der Waals surface area contributed by atoms with Crippen LogP contribution in [-0.4, -0.2) is 24.7 Å². The lowest BCUT2D eigenvalue weighted by Gasteiger charge is -2.19. The second-order valence-corrected chi connectivity index (χ2v) is 3.37. The molecule has 0 unspecified atom stereocenters. The summed E-state index contributed by atoms with van der Waals surface area (Å²) in [7, 11) is 0. The highest BCUT2D eigenvalue weighted by Gasteiger charge is 2.14. The first-order valence-corrected chi connectivity index (χ1v) is 3.88. The highest BCUT2D eigenvalue weighted by atomic mass is 16.6. The topological polar surface area (TPSA) is 38.3 Å². The van der Waals surface area contributed by atoms with Crippen LogP contribution in [0.1, 0.15) is 27.7 Å². The normalized spacial score (nSPS) is 11.3. The zero-order chi connectivity index (χ0) is 8.91. The molecule has 0 radical (unpaired) electrons. The van der Waals surface area contributed by atoms with Gasteiger partial charge in [0.1, 0.15) is 5.60 Å². The van der Waals surface area contributed by atoms with Gasteiger partial charge in [-0.05, 0) is 27.3 Å². The lowest BCUT2D eigenvalue weighted by Crippen LogP contribution is -2.31. The Bertz CT molecular complexity index is 127. The van der Waals surface area contributed by atoms with Gasteiger partial charge in [0.15, 0.2) is 0 Å². The Hall–Kier alpha value is -0.570. The largest absolute Gasteiger partial charge is 0.459 e. The molecular formula is C8H17NO2. The fraction of sp³-hybridized carbons (Fsp3) is 0.875. The van der Waals surface area contributed by atoms with Crippen molar-refractivity contribution in [2.45, 2.75) is 33.3 Å². The molecule has 0 atom stereocenters. The van der Waals surface area contributed by atoms with E-state index in [-0.39, 0.29) is 11.6 Å². The molecular weight excluding hydrogens is 142 g/mol. The summed E-state index contributed by atoms with van der Waals surface area (Å²) >= 11 is 0. The van der Waals surface area contributed by atoms with E-state index in [9.17, 15) is 4.79 Å². The summed E-state index contributed by atoms with van der Waals surface area (Å²) in [4.78, 5) is 10.9. The van der Waals surface area contributed by atoms with Gasteiger partial charge >= 0.3 is 5.97 Å². The Balaban J connectivity index is 3.53. The van der Waals surface area contributed by atoms with Gasteiger partial charge in [0.25, 0.3) is 0 Å². The molecule has 3 heteroatoms. The molecule has 1 N–H and O–H groups in total. The maximum atomic E-state index is 10.9. The minimum atomic E-state index is -0.369. The standard InChI is InChI=1S/C8H17NO2/c1-5-9-6-7(10)11-8(2,3)4/h9H,5-6H2,1-4H3. The van der Waals surface area contributed by atoms with Crippen LogP contribution in [-0.2, 0) is 9.53 Å². The van der Waals surface area contributed by atoms with Crippen LogP contribution in [0.4, 0.5) is 0 Å². The molecule has 0 aliphatic heterocycles. The molecule has 0 saturated heterocycles. The molecule has 0 fully saturated rings. The molecule has 0 aromatic carbocycles. The first kappa shape index (κ1) is 10.4. The van der Waals surface area contributed by atoms with Gasteiger partial charge in [-0.15, -0.1) is 0 Å². The summed E-state index contributed by atoms with van der Waals surface area (Å²) in [6.45, 7) is 8.61. The van der Waals surface area contributed by atoms with E-state index in [1.54, 1.807) is 0 Å². The smallest absolute Gasteiger partial charge is 0.320 e. The van der Waals surface area contributed by atoms with Crippen molar-refractivity contribution in [3.05, 3.63) is 0 Å². The first-order chi connectivity index (χ1) is 4.95. The number of hydrogen-bond donors (Lipinski definition) is 1. The van der Waals surface area contributed by atoms with E-state index in [0.717, 1.165) is 6.54 Å². The first-order valence-electron chi connectivity index (χ1n) is 3.88. The minimum absolute atomic E-state index is 0.195. The molecule has 0 rings (SSSR count). The third-order valence-corrected chi connectivity index (χ3v) is 0.939. The fourth-order valence-electron chi connectivity index (χ4n) is 0.605. The van der Waals surface area contributed by atoms with E-state index >= 15 is 0 Å². The summed E-state index contributed by atoms with van der Waals surface area (Å²) in [6.07, 6.45) is 0. The van der Waals surface area contributed by atoms with Crippen molar-refractivity contribution < 1.29 is 9.53 Å². The van der Waals surface area contributed by atoms with Gasteiger partial charge in [0, 0.05) is 0 Å². The van der Waals surface area contributed by atoms with Crippen LogP contribution in [0, 0.1) is 0 Å². The molecule has 66 valence electrons. The Morgan fingerprint density at radius 2 is 2.00 bits per heavy atom. The third kappa shape index (κ3) is 7.33. The van der Waals surface area contributed by atoms with Crippen molar-refractivity contribution >= 4 is 5.97 Å². The van der Waals surface area contributed by atoms with E-state index < -0.39 is 0 Å². The van der Waals surface area contributed by atoms with E-state index in [2.05, 4.69) is 5.32 Å². The quantitative estimate of drug-likeness (QED) is 0.623. The van der Waals surface area contributed by atoms with Crippen molar-refractivity contribution in [1.29, 1.82) is 0 Å². The Kier molecular flexibility index (Phi) is 4.11. The molecule has 0 bridgehead atoms. The second kappa shape index (κ2) is 4.34. The Labute approximate surface area is 68.1 Å². The van der Waals surface area contributed by atoms with Crippen LogP contribution in [0.15, 0.2) is 0 Å². The molecule has 3 nitrogen and oxygen atoms in total. The van der Waals surface area contributed by atoms with Gasteiger partial charge in [-0.2, -0.15) is 0 Å². The predicted octanol–water partition coefficient (Wildman–Crippen LogP) is 0.938. The summed E-state index contributed by atoms with van der Waals surface area (Å²) in [6, 6.07) is 0. The molecule has 11 heavy (non-hydrogen) atoms. The van der Waals surface area contributed by atoms with Crippen LogP contribution >= 0.6 is 0 Å². The molecule has 0 aliphatic rings. The van der Waals surface area contributed by atoms with E-state index in [1.807, 2.05) is 27.7 Å². The van der Waals surface area contributed by atoms with Crippen LogP contribution in [0.5, 0.6) is 0 Å². The molecule has 0 aromatic rings. The van der Waals surface area contributed by atoms with Gasteiger partial charge in [0.05, 0.1) is 6.54 Å². The van der Waals surface area contributed by atoms with E-state index in [4.69, 9.17) is 4.74 Å². The average Bonchev–Trinajstić information content (AvgIpc) is 1.79. The fourth-order valence-corrected chi connectivity index (χ4v) is 0.605. The SMILES string of the molecule is CCNCC(=O)OC(C)(C)C. The predicted molar refractivity (Wildman–Crippen MR) is 44.4 cm³/mol. The number of esters is 1. The Morgan fingerprint density at radius 3 is 2.36 bits per heavy atom. The second-order valence-electron chi connectivity index (χ2n) is 3.37. The monoisotopic (exact) mass is 159 g/mol. The zero-order valence-electron chi connectivity index (χ0n) is 7.73. The number of likely N-dealkylation sites (N-methyl/N-ethyl adjacent to an activating group) is 1.